The number of rotatable bonds is 6. The summed E-state index contributed by atoms with van der Waals surface area (Å²) in [6.45, 7) is 7.28. The highest BCUT2D eigenvalue weighted by atomic mass is 16.6. The summed E-state index contributed by atoms with van der Waals surface area (Å²) < 4.78 is 5.07. The van der Waals surface area contributed by atoms with Gasteiger partial charge in [0.15, 0.2) is 5.96 Å². The number of carbonyl (C=O) groups is 1. The predicted molar refractivity (Wildman–Crippen MR) is 106 cm³/mol. The van der Waals surface area contributed by atoms with Gasteiger partial charge in [0.2, 0.25) is 0 Å². The zero-order valence-electron chi connectivity index (χ0n) is 16.9. The van der Waals surface area contributed by atoms with Gasteiger partial charge in [0.05, 0.1) is 6.61 Å². The van der Waals surface area contributed by atoms with E-state index in [9.17, 15) is 4.79 Å². The van der Waals surface area contributed by atoms with Gasteiger partial charge in [0, 0.05) is 45.8 Å². The molecule has 0 aromatic rings. The normalized spacial score (nSPS) is 19.8. The van der Waals surface area contributed by atoms with Gasteiger partial charge in [-0.25, -0.2) is 4.79 Å². The topological polar surface area (TPSA) is 60.4 Å². The van der Waals surface area contributed by atoms with Crippen LogP contribution in [0.15, 0.2) is 4.99 Å². The fraction of sp³-hybridized carbons (Fsp3) is 0.895. The van der Waals surface area contributed by atoms with Gasteiger partial charge in [-0.15, -0.1) is 0 Å². The minimum absolute atomic E-state index is 0.208. The van der Waals surface area contributed by atoms with Crippen molar-refractivity contribution in [1.29, 1.82) is 0 Å². The van der Waals surface area contributed by atoms with Crippen LogP contribution >= 0.6 is 0 Å². The second-order valence-corrected chi connectivity index (χ2v) is 7.27. The molecular formula is C19H37N5O2. The number of hydrogen-bond donors (Lipinski definition) is 1. The van der Waals surface area contributed by atoms with E-state index in [-0.39, 0.29) is 6.09 Å². The molecular weight excluding hydrogens is 330 g/mol. The molecule has 2 rings (SSSR count). The maximum absolute atomic E-state index is 11.8. The summed E-state index contributed by atoms with van der Waals surface area (Å²) in [5.41, 5.74) is 0. The Hall–Kier alpha value is -1.50. The number of amides is 1. The minimum atomic E-state index is -0.208. The molecule has 0 bridgehead atoms. The van der Waals surface area contributed by atoms with Crippen molar-refractivity contribution >= 4 is 12.1 Å². The van der Waals surface area contributed by atoms with Gasteiger partial charge in [-0.1, -0.05) is 19.3 Å². The molecule has 1 aliphatic carbocycles. The van der Waals surface area contributed by atoms with E-state index in [0.717, 1.165) is 44.6 Å². The van der Waals surface area contributed by atoms with Crippen LogP contribution in [-0.2, 0) is 4.74 Å². The number of carbonyl (C=O) groups excluding carboxylic acids is 1. The Morgan fingerprint density at radius 1 is 1.15 bits per heavy atom. The van der Waals surface area contributed by atoms with E-state index in [2.05, 4.69) is 27.2 Å². The summed E-state index contributed by atoms with van der Waals surface area (Å²) in [5.74, 6) is 0.939. The summed E-state index contributed by atoms with van der Waals surface area (Å²) in [6, 6.07) is 0.777. The van der Waals surface area contributed by atoms with Gasteiger partial charge in [-0.05, 0) is 39.8 Å². The Kier molecular flexibility index (Phi) is 9.01. The van der Waals surface area contributed by atoms with E-state index in [4.69, 9.17) is 4.74 Å². The average Bonchev–Trinajstić information content (AvgIpc) is 2.69. The first-order valence-electron chi connectivity index (χ1n) is 10.2. The van der Waals surface area contributed by atoms with Crippen LogP contribution in [0, 0.1) is 0 Å². The first-order valence-corrected chi connectivity index (χ1v) is 10.2. The van der Waals surface area contributed by atoms with E-state index in [1.807, 2.05) is 14.0 Å². The molecule has 1 saturated heterocycles. The number of nitrogens with zero attached hydrogens (tertiary/aromatic N) is 4. The zero-order valence-corrected chi connectivity index (χ0v) is 16.9. The molecule has 0 radical (unpaired) electrons. The monoisotopic (exact) mass is 367 g/mol. The zero-order chi connectivity index (χ0) is 18.8. The van der Waals surface area contributed by atoms with Crippen LogP contribution < -0.4 is 5.32 Å². The first kappa shape index (κ1) is 20.8. The van der Waals surface area contributed by atoms with Crippen LogP contribution in [0.1, 0.15) is 45.4 Å². The lowest BCUT2D eigenvalue weighted by atomic mass is 9.94. The van der Waals surface area contributed by atoms with E-state index in [1.165, 1.54) is 32.1 Å². The minimum Gasteiger partial charge on any atom is -0.450 e. The maximum Gasteiger partial charge on any atom is 0.409 e. The van der Waals surface area contributed by atoms with Crippen molar-refractivity contribution in [2.24, 2.45) is 4.99 Å². The van der Waals surface area contributed by atoms with Crippen LogP contribution in [0.25, 0.3) is 0 Å². The largest absolute Gasteiger partial charge is 0.450 e. The second-order valence-electron chi connectivity index (χ2n) is 7.27. The molecule has 0 spiro atoms. The Balaban J connectivity index is 1.64. The lowest BCUT2D eigenvalue weighted by molar-refractivity contribution is 0.0914. The summed E-state index contributed by atoms with van der Waals surface area (Å²) in [6.07, 6.45) is 7.81. The third-order valence-corrected chi connectivity index (χ3v) is 5.49. The van der Waals surface area contributed by atoms with E-state index < -0.39 is 0 Å². The quantitative estimate of drug-likeness (QED) is 0.442. The smallest absolute Gasteiger partial charge is 0.409 e. The molecule has 1 heterocycles. The maximum atomic E-state index is 11.8. The van der Waals surface area contributed by atoms with Crippen LogP contribution in [0.4, 0.5) is 4.79 Å². The van der Waals surface area contributed by atoms with Gasteiger partial charge in [-0.3, -0.25) is 4.99 Å². The molecule has 150 valence electrons. The van der Waals surface area contributed by atoms with Crippen molar-refractivity contribution in [3.8, 4) is 0 Å². The van der Waals surface area contributed by atoms with Gasteiger partial charge in [0.1, 0.15) is 0 Å². The molecule has 1 amide bonds. The van der Waals surface area contributed by atoms with Crippen molar-refractivity contribution in [1.82, 2.24) is 20.0 Å². The molecule has 0 aromatic heterocycles. The van der Waals surface area contributed by atoms with Crippen molar-refractivity contribution in [2.45, 2.75) is 51.5 Å². The highest BCUT2D eigenvalue weighted by molar-refractivity contribution is 5.80. The Bertz CT molecular complexity index is 443. The van der Waals surface area contributed by atoms with E-state index >= 15 is 0 Å². The summed E-state index contributed by atoms with van der Waals surface area (Å²) in [7, 11) is 4.09. The molecule has 2 fully saturated rings. The Morgan fingerprint density at radius 3 is 2.42 bits per heavy atom. The standard InChI is InChI=1S/C19H37N5O2/c1-4-26-19(25)24-15-13-23(14-16-24)18(20-2)21-11-8-12-22(3)17-9-6-5-7-10-17/h17H,4-16H2,1-3H3,(H,20,21). The number of piperazine rings is 1. The molecule has 1 N–H and O–H groups in total. The fourth-order valence-corrected chi connectivity index (χ4v) is 3.88. The highest BCUT2D eigenvalue weighted by Crippen LogP contribution is 2.21. The van der Waals surface area contributed by atoms with Crippen LogP contribution in [0.2, 0.25) is 0 Å². The molecule has 0 unspecified atom stereocenters. The number of aliphatic imine (C=N–C) groups is 1. The molecule has 0 atom stereocenters. The van der Waals surface area contributed by atoms with Crippen molar-refractivity contribution in [2.75, 3.05) is 60.0 Å². The lowest BCUT2D eigenvalue weighted by Gasteiger charge is -2.36. The molecule has 1 aliphatic heterocycles. The highest BCUT2D eigenvalue weighted by Gasteiger charge is 2.23. The molecule has 7 nitrogen and oxygen atoms in total. The lowest BCUT2D eigenvalue weighted by Crippen LogP contribution is -2.54. The van der Waals surface area contributed by atoms with Crippen molar-refractivity contribution in [3.05, 3.63) is 0 Å². The van der Waals surface area contributed by atoms with Crippen LogP contribution in [-0.4, -0.2) is 92.8 Å². The SMILES string of the molecule is CCOC(=O)N1CCN(C(=NC)NCCCN(C)C2CCCCC2)CC1. The second kappa shape index (κ2) is 11.3. The summed E-state index contributed by atoms with van der Waals surface area (Å²) in [4.78, 5) is 22.7. The Morgan fingerprint density at radius 2 is 1.81 bits per heavy atom. The first-order chi connectivity index (χ1) is 12.7. The van der Waals surface area contributed by atoms with Gasteiger partial charge < -0.3 is 24.8 Å². The van der Waals surface area contributed by atoms with Gasteiger partial charge in [-0.2, -0.15) is 0 Å². The average molecular weight is 368 g/mol. The third-order valence-electron chi connectivity index (χ3n) is 5.49. The summed E-state index contributed by atoms with van der Waals surface area (Å²) >= 11 is 0. The van der Waals surface area contributed by atoms with E-state index in [0.29, 0.717) is 19.7 Å². The predicted octanol–water partition coefficient (Wildman–Crippen LogP) is 1.99. The van der Waals surface area contributed by atoms with Gasteiger partial charge >= 0.3 is 6.09 Å². The van der Waals surface area contributed by atoms with Crippen molar-refractivity contribution in [3.63, 3.8) is 0 Å². The summed E-state index contributed by atoms with van der Waals surface area (Å²) in [5, 5.41) is 3.48. The Labute approximate surface area is 158 Å². The van der Waals surface area contributed by atoms with Crippen LogP contribution in [0.5, 0.6) is 0 Å². The van der Waals surface area contributed by atoms with Gasteiger partial charge in [0.25, 0.3) is 0 Å². The number of guanidine groups is 1. The molecule has 0 aromatic carbocycles. The van der Waals surface area contributed by atoms with Crippen LogP contribution in [0.3, 0.4) is 0 Å². The third kappa shape index (κ3) is 6.34. The number of ether oxygens (including phenoxy) is 1. The molecule has 2 aliphatic rings. The molecule has 26 heavy (non-hydrogen) atoms. The number of hydrogen-bond acceptors (Lipinski definition) is 4. The molecule has 1 saturated carbocycles. The fourth-order valence-electron chi connectivity index (χ4n) is 3.88. The number of nitrogens with one attached hydrogen (secondary N) is 1. The van der Waals surface area contributed by atoms with Crippen molar-refractivity contribution < 1.29 is 9.53 Å². The van der Waals surface area contributed by atoms with E-state index in [1.54, 1.807) is 4.90 Å². The molecule has 7 heteroatoms.